The van der Waals surface area contributed by atoms with Gasteiger partial charge in [-0.15, -0.1) is 0 Å². The van der Waals surface area contributed by atoms with Crippen LogP contribution in [-0.4, -0.2) is 30.4 Å². The molecule has 22 heavy (non-hydrogen) atoms. The van der Waals surface area contributed by atoms with Gasteiger partial charge in [-0.2, -0.15) is 0 Å². The van der Waals surface area contributed by atoms with Crippen LogP contribution in [0.5, 0.6) is 5.75 Å². The molecule has 1 saturated carbocycles. The van der Waals surface area contributed by atoms with E-state index >= 15 is 0 Å². The van der Waals surface area contributed by atoms with Crippen molar-refractivity contribution in [3.8, 4) is 5.75 Å². The molecule has 2 fully saturated rings. The second-order valence-electron chi connectivity index (χ2n) is 6.19. The lowest BCUT2D eigenvalue weighted by atomic mass is 9.91. The number of benzene rings is 1. The van der Waals surface area contributed by atoms with Gasteiger partial charge in [0.1, 0.15) is 11.9 Å². The summed E-state index contributed by atoms with van der Waals surface area (Å²) < 4.78 is 11.3. The van der Waals surface area contributed by atoms with Gasteiger partial charge in [-0.3, -0.25) is 4.79 Å². The largest absolute Gasteiger partial charge is 0.486 e. The van der Waals surface area contributed by atoms with Crippen LogP contribution in [0.1, 0.15) is 43.6 Å². The quantitative estimate of drug-likeness (QED) is 0.863. The molecule has 1 aliphatic heterocycles. The molecule has 1 N–H and O–H groups in total. The maximum Gasteiger partial charge on any atom is 0.303 e. The van der Waals surface area contributed by atoms with E-state index in [4.69, 9.17) is 26.2 Å². The molecule has 0 radical (unpaired) electrons. The van der Waals surface area contributed by atoms with Crippen LogP contribution < -0.4 is 4.74 Å². The minimum Gasteiger partial charge on any atom is -0.486 e. The highest BCUT2D eigenvalue weighted by molar-refractivity contribution is 6.32. The van der Waals surface area contributed by atoms with Crippen molar-refractivity contribution in [1.82, 2.24) is 0 Å². The van der Waals surface area contributed by atoms with Crippen molar-refractivity contribution in [3.63, 3.8) is 0 Å². The monoisotopic (exact) mass is 324 g/mol. The van der Waals surface area contributed by atoms with E-state index in [1.807, 2.05) is 18.2 Å². The summed E-state index contributed by atoms with van der Waals surface area (Å²) >= 11 is 6.34. The molecule has 2 unspecified atom stereocenters. The molecule has 5 heteroatoms. The van der Waals surface area contributed by atoms with Crippen molar-refractivity contribution in [2.45, 2.75) is 44.1 Å². The Bertz CT molecular complexity index is 535. The van der Waals surface area contributed by atoms with Gasteiger partial charge in [-0.05, 0) is 55.2 Å². The van der Waals surface area contributed by atoms with Crippen LogP contribution in [-0.2, 0) is 9.53 Å². The number of carboxylic acids is 1. The highest BCUT2D eigenvalue weighted by Crippen LogP contribution is 2.45. The number of aliphatic carboxylic acids is 1. The summed E-state index contributed by atoms with van der Waals surface area (Å²) in [7, 11) is 0. The van der Waals surface area contributed by atoms with Crippen molar-refractivity contribution in [2.24, 2.45) is 5.92 Å². The molecule has 120 valence electrons. The fourth-order valence-electron chi connectivity index (χ4n) is 3.07. The molecular weight excluding hydrogens is 304 g/mol. The summed E-state index contributed by atoms with van der Waals surface area (Å²) in [5.41, 5.74) is 1.00. The Morgan fingerprint density at radius 2 is 2.23 bits per heavy atom. The summed E-state index contributed by atoms with van der Waals surface area (Å²) in [6.07, 6.45) is 4.40. The zero-order valence-corrected chi connectivity index (χ0v) is 13.2. The van der Waals surface area contributed by atoms with E-state index in [1.54, 1.807) is 0 Å². The molecule has 0 amide bonds. The minimum atomic E-state index is -0.757. The molecule has 2 aliphatic rings. The Morgan fingerprint density at radius 1 is 1.41 bits per heavy atom. The lowest BCUT2D eigenvalue weighted by Crippen LogP contribution is -2.28. The van der Waals surface area contributed by atoms with Gasteiger partial charge in [0.25, 0.3) is 0 Å². The van der Waals surface area contributed by atoms with E-state index in [0.29, 0.717) is 23.3 Å². The van der Waals surface area contributed by atoms with Gasteiger partial charge in [0, 0.05) is 6.61 Å². The van der Waals surface area contributed by atoms with Crippen LogP contribution >= 0.6 is 11.6 Å². The van der Waals surface area contributed by atoms with Crippen molar-refractivity contribution >= 4 is 17.6 Å². The smallest absolute Gasteiger partial charge is 0.303 e. The highest BCUT2D eigenvalue weighted by Gasteiger charge is 2.34. The van der Waals surface area contributed by atoms with Crippen molar-refractivity contribution in [3.05, 3.63) is 28.8 Å². The average Bonchev–Trinajstić information content (AvgIpc) is 3.32. The number of carboxylic acid groups (broad SMARTS) is 1. The fraction of sp³-hybridized carbons (Fsp3) is 0.588. The topological polar surface area (TPSA) is 55.8 Å². The zero-order chi connectivity index (χ0) is 15.5. The molecule has 0 spiro atoms. The van der Waals surface area contributed by atoms with Gasteiger partial charge in [0.15, 0.2) is 0 Å². The Kier molecular flexibility index (Phi) is 4.89. The Balaban J connectivity index is 1.71. The normalized spacial score (nSPS) is 23.0. The molecule has 0 bridgehead atoms. The molecule has 2 atom stereocenters. The molecule has 1 aromatic carbocycles. The van der Waals surface area contributed by atoms with Gasteiger partial charge in [0.05, 0.1) is 18.1 Å². The molecule has 4 nitrogen and oxygen atoms in total. The summed E-state index contributed by atoms with van der Waals surface area (Å²) in [6, 6.07) is 5.69. The second kappa shape index (κ2) is 6.88. The highest BCUT2D eigenvalue weighted by atomic mass is 35.5. The fourth-order valence-corrected chi connectivity index (χ4v) is 3.30. The van der Waals surface area contributed by atoms with Gasteiger partial charge >= 0.3 is 5.97 Å². The first-order valence-corrected chi connectivity index (χ1v) is 8.27. The standard InChI is InChI=1S/C17H21ClO4/c18-15-8-12(14(9-17(19)20)11-3-4-11)5-6-16(15)22-13-2-1-7-21-10-13/h5-6,8,11,13-14H,1-4,7,9-10H2,(H,19,20). The van der Waals surface area contributed by atoms with Crippen LogP contribution in [0.25, 0.3) is 0 Å². The first-order chi connectivity index (χ1) is 10.6. The van der Waals surface area contributed by atoms with Gasteiger partial charge in [-0.25, -0.2) is 0 Å². The number of hydrogen-bond donors (Lipinski definition) is 1. The van der Waals surface area contributed by atoms with Crippen LogP contribution in [0.4, 0.5) is 0 Å². The summed E-state index contributed by atoms with van der Waals surface area (Å²) in [5.74, 6) is 0.436. The summed E-state index contributed by atoms with van der Waals surface area (Å²) in [4.78, 5) is 11.1. The van der Waals surface area contributed by atoms with Crippen molar-refractivity contribution in [2.75, 3.05) is 13.2 Å². The van der Waals surface area contributed by atoms with Crippen LogP contribution in [0, 0.1) is 5.92 Å². The molecule has 1 heterocycles. The van der Waals surface area contributed by atoms with Crippen molar-refractivity contribution < 1.29 is 19.4 Å². The number of hydrogen-bond acceptors (Lipinski definition) is 3. The van der Waals surface area contributed by atoms with Crippen LogP contribution in [0.15, 0.2) is 18.2 Å². The van der Waals surface area contributed by atoms with Gasteiger partial charge in [-0.1, -0.05) is 17.7 Å². The average molecular weight is 325 g/mol. The number of carbonyl (C=O) groups is 1. The summed E-state index contributed by atoms with van der Waals surface area (Å²) in [5, 5.41) is 9.65. The number of halogens is 1. The third-order valence-corrected chi connectivity index (χ3v) is 4.68. The predicted molar refractivity (Wildman–Crippen MR) is 83.6 cm³/mol. The SMILES string of the molecule is O=C(O)CC(c1ccc(OC2CCCOC2)c(Cl)c1)C1CC1. The lowest BCUT2D eigenvalue weighted by molar-refractivity contribution is -0.137. The van der Waals surface area contributed by atoms with Gasteiger partial charge in [0.2, 0.25) is 0 Å². The lowest BCUT2D eigenvalue weighted by Gasteiger charge is -2.24. The van der Waals surface area contributed by atoms with E-state index in [0.717, 1.165) is 37.9 Å². The third-order valence-electron chi connectivity index (χ3n) is 4.38. The van der Waals surface area contributed by atoms with Crippen molar-refractivity contribution in [1.29, 1.82) is 0 Å². The molecule has 0 aromatic heterocycles. The zero-order valence-electron chi connectivity index (χ0n) is 12.5. The van der Waals surface area contributed by atoms with Crippen LogP contribution in [0.2, 0.25) is 5.02 Å². The first-order valence-electron chi connectivity index (χ1n) is 7.89. The summed E-state index contributed by atoms with van der Waals surface area (Å²) in [6.45, 7) is 1.40. The molecule has 1 aliphatic carbocycles. The predicted octanol–water partition coefficient (Wildman–Crippen LogP) is 3.87. The Hall–Kier alpha value is -1.26. The number of rotatable bonds is 6. The Morgan fingerprint density at radius 3 is 2.82 bits per heavy atom. The van der Waals surface area contributed by atoms with E-state index in [1.165, 1.54) is 0 Å². The molecule has 3 rings (SSSR count). The second-order valence-corrected chi connectivity index (χ2v) is 6.60. The molecule has 1 saturated heterocycles. The van der Waals surface area contributed by atoms with E-state index in [9.17, 15) is 4.79 Å². The Labute approximate surface area is 135 Å². The number of ether oxygens (including phenoxy) is 2. The molecule has 1 aromatic rings. The van der Waals surface area contributed by atoms with Crippen LogP contribution in [0.3, 0.4) is 0 Å². The van der Waals surface area contributed by atoms with Gasteiger partial charge < -0.3 is 14.6 Å². The maximum atomic E-state index is 11.1. The van der Waals surface area contributed by atoms with E-state index in [-0.39, 0.29) is 18.4 Å². The first kappa shape index (κ1) is 15.6. The van der Waals surface area contributed by atoms with E-state index in [2.05, 4.69) is 0 Å². The van der Waals surface area contributed by atoms with E-state index < -0.39 is 5.97 Å². The third kappa shape index (κ3) is 3.93. The minimum absolute atomic E-state index is 0.0512. The maximum absolute atomic E-state index is 11.1. The molecular formula is C17H21ClO4.